The van der Waals surface area contributed by atoms with E-state index in [0.29, 0.717) is 17.1 Å². The predicted molar refractivity (Wildman–Crippen MR) is 58.0 cm³/mol. The van der Waals surface area contributed by atoms with Crippen LogP contribution in [0.1, 0.15) is 12.5 Å². The van der Waals surface area contributed by atoms with Gasteiger partial charge in [-0.05, 0) is 17.7 Å². The number of ether oxygens (including phenoxy) is 2. The number of aliphatic hydroxyl groups is 1. The lowest BCUT2D eigenvalue weighted by molar-refractivity contribution is -0.132. The van der Waals surface area contributed by atoms with Gasteiger partial charge in [0.25, 0.3) is 0 Å². The van der Waals surface area contributed by atoms with Gasteiger partial charge in [0.15, 0.2) is 11.5 Å². The van der Waals surface area contributed by atoms with E-state index in [1.807, 2.05) is 0 Å². The number of aliphatic hydroxyl groups excluding tert-OH is 1. The molecule has 84 valence electrons. The minimum atomic E-state index is -0.442. The van der Waals surface area contributed by atoms with E-state index in [4.69, 9.17) is 21.0 Å². The second-order valence-electron chi connectivity index (χ2n) is 3.03. The van der Waals surface area contributed by atoms with Gasteiger partial charge in [-0.15, -0.1) is 6.42 Å². The smallest absolute Gasteiger partial charge is 0.308 e. The summed E-state index contributed by atoms with van der Waals surface area (Å²) in [5.41, 5.74) is 0.655. The molecule has 0 bridgehead atoms. The summed E-state index contributed by atoms with van der Waals surface area (Å²) in [6, 6.07) is 4.77. The van der Waals surface area contributed by atoms with Gasteiger partial charge in [-0.2, -0.15) is 0 Å². The molecule has 0 saturated carbocycles. The third kappa shape index (κ3) is 3.30. The molecule has 0 aromatic heterocycles. The van der Waals surface area contributed by atoms with Crippen LogP contribution in [-0.2, 0) is 11.4 Å². The number of terminal acetylenes is 1. The van der Waals surface area contributed by atoms with Crippen LogP contribution >= 0.6 is 0 Å². The van der Waals surface area contributed by atoms with Crippen LogP contribution < -0.4 is 9.47 Å². The molecule has 1 aromatic carbocycles. The molecule has 0 aliphatic carbocycles. The van der Waals surface area contributed by atoms with E-state index in [-0.39, 0.29) is 13.2 Å². The van der Waals surface area contributed by atoms with Gasteiger partial charge in [0, 0.05) is 6.92 Å². The Bertz CT molecular complexity index is 418. The highest BCUT2D eigenvalue weighted by Gasteiger charge is 2.08. The Morgan fingerprint density at radius 1 is 1.50 bits per heavy atom. The maximum absolute atomic E-state index is 10.8. The molecule has 0 aliphatic rings. The van der Waals surface area contributed by atoms with Crippen molar-refractivity contribution in [3.8, 4) is 23.8 Å². The summed E-state index contributed by atoms with van der Waals surface area (Å²) in [5.74, 6) is 2.51. The van der Waals surface area contributed by atoms with Gasteiger partial charge in [-0.1, -0.05) is 12.0 Å². The van der Waals surface area contributed by atoms with Crippen LogP contribution in [0.5, 0.6) is 11.5 Å². The van der Waals surface area contributed by atoms with Crippen molar-refractivity contribution >= 4 is 5.97 Å². The monoisotopic (exact) mass is 220 g/mol. The Balaban J connectivity index is 2.96. The van der Waals surface area contributed by atoms with Gasteiger partial charge >= 0.3 is 5.97 Å². The molecule has 0 fully saturated rings. The van der Waals surface area contributed by atoms with Crippen LogP contribution in [0.3, 0.4) is 0 Å². The number of carbonyl (C=O) groups excluding carboxylic acids is 1. The Morgan fingerprint density at radius 2 is 2.25 bits per heavy atom. The van der Waals surface area contributed by atoms with E-state index in [1.165, 1.54) is 6.92 Å². The number of carbonyl (C=O) groups is 1. The fraction of sp³-hybridized carbons (Fsp3) is 0.250. The minimum absolute atomic E-state index is 0.0726. The number of benzene rings is 1. The van der Waals surface area contributed by atoms with E-state index < -0.39 is 5.97 Å². The Labute approximate surface area is 93.8 Å². The van der Waals surface area contributed by atoms with Crippen molar-refractivity contribution in [2.75, 3.05) is 6.61 Å². The molecule has 4 nitrogen and oxygen atoms in total. The maximum atomic E-state index is 10.8. The first-order valence-corrected chi connectivity index (χ1v) is 4.66. The van der Waals surface area contributed by atoms with Gasteiger partial charge in [-0.3, -0.25) is 4.79 Å². The van der Waals surface area contributed by atoms with Crippen molar-refractivity contribution in [3.05, 3.63) is 23.8 Å². The van der Waals surface area contributed by atoms with Crippen LogP contribution in [0.2, 0.25) is 0 Å². The van der Waals surface area contributed by atoms with Crippen molar-refractivity contribution in [1.29, 1.82) is 0 Å². The van der Waals surface area contributed by atoms with E-state index >= 15 is 0 Å². The topological polar surface area (TPSA) is 55.8 Å². The number of rotatable bonds is 4. The van der Waals surface area contributed by atoms with Crippen molar-refractivity contribution in [1.82, 2.24) is 0 Å². The average Bonchev–Trinajstić information content (AvgIpc) is 2.27. The first-order valence-electron chi connectivity index (χ1n) is 4.66. The standard InChI is InChI=1S/C12H12O4/c1-3-6-15-12-7-10(8-13)4-5-11(12)16-9(2)14/h1,4-5,7,13H,6,8H2,2H3. The third-order valence-electron chi connectivity index (χ3n) is 1.76. The molecule has 1 rings (SSSR count). The average molecular weight is 220 g/mol. The van der Waals surface area contributed by atoms with Gasteiger partial charge in [0.1, 0.15) is 6.61 Å². The van der Waals surface area contributed by atoms with E-state index in [1.54, 1.807) is 18.2 Å². The molecule has 16 heavy (non-hydrogen) atoms. The number of hydrogen-bond donors (Lipinski definition) is 1. The normalized spacial score (nSPS) is 9.31. The second kappa shape index (κ2) is 5.79. The molecule has 4 heteroatoms. The summed E-state index contributed by atoms with van der Waals surface area (Å²) in [6.45, 7) is 1.25. The Morgan fingerprint density at radius 3 is 2.81 bits per heavy atom. The van der Waals surface area contributed by atoms with E-state index in [2.05, 4.69) is 5.92 Å². The van der Waals surface area contributed by atoms with Gasteiger partial charge < -0.3 is 14.6 Å². The van der Waals surface area contributed by atoms with E-state index in [0.717, 1.165) is 0 Å². The number of hydrogen-bond acceptors (Lipinski definition) is 4. The molecule has 0 unspecified atom stereocenters. The fourth-order valence-electron chi connectivity index (χ4n) is 1.12. The van der Waals surface area contributed by atoms with Crippen LogP contribution in [0.25, 0.3) is 0 Å². The first-order chi connectivity index (χ1) is 7.67. The molecule has 1 N–H and O–H groups in total. The molecular weight excluding hydrogens is 208 g/mol. The quantitative estimate of drug-likeness (QED) is 0.469. The Kier molecular flexibility index (Phi) is 4.37. The summed E-state index contributed by atoms with van der Waals surface area (Å²) in [5, 5.41) is 8.96. The SMILES string of the molecule is C#CCOc1cc(CO)ccc1OC(C)=O. The highest BCUT2D eigenvalue weighted by Crippen LogP contribution is 2.28. The zero-order valence-electron chi connectivity index (χ0n) is 8.90. The summed E-state index contributed by atoms with van der Waals surface area (Å²) in [4.78, 5) is 10.8. The molecule has 0 spiro atoms. The molecular formula is C12H12O4. The van der Waals surface area contributed by atoms with Crippen LogP contribution in [0.15, 0.2) is 18.2 Å². The van der Waals surface area contributed by atoms with Gasteiger partial charge in [-0.25, -0.2) is 0 Å². The Hall–Kier alpha value is -1.99. The summed E-state index contributed by atoms with van der Waals surface area (Å²) in [7, 11) is 0. The molecule has 0 saturated heterocycles. The first kappa shape index (κ1) is 12.1. The summed E-state index contributed by atoms with van der Waals surface area (Å²) in [6.07, 6.45) is 5.07. The van der Waals surface area contributed by atoms with E-state index in [9.17, 15) is 4.79 Å². The van der Waals surface area contributed by atoms with Crippen LogP contribution in [-0.4, -0.2) is 17.7 Å². The lowest BCUT2D eigenvalue weighted by Gasteiger charge is -2.10. The van der Waals surface area contributed by atoms with Crippen molar-refractivity contribution in [3.63, 3.8) is 0 Å². The summed E-state index contributed by atoms with van der Waals surface area (Å²) >= 11 is 0. The molecule has 0 amide bonds. The molecule has 0 atom stereocenters. The lowest BCUT2D eigenvalue weighted by atomic mass is 10.2. The van der Waals surface area contributed by atoms with Crippen molar-refractivity contribution in [2.45, 2.75) is 13.5 Å². The van der Waals surface area contributed by atoms with Crippen LogP contribution in [0.4, 0.5) is 0 Å². The van der Waals surface area contributed by atoms with Crippen LogP contribution in [0, 0.1) is 12.3 Å². The summed E-state index contributed by atoms with van der Waals surface area (Å²) < 4.78 is 10.1. The van der Waals surface area contributed by atoms with Crippen molar-refractivity contribution < 1.29 is 19.4 Å². The number of esters is 1. The molecule has 0 radical (unpaired) electrons. The fourth-order valence-corrected chi connectivity index (χ4v) is 1.12. The molecule has 0 aliphatic heterocycles. The largest absolute Gasteiger partial charge is 0.477 e. The second-order valence-corrected chi connectivity index (χ2v) is 3.03. The minimum Gasteiger partial charge on any atom is -0.477 e. The van der Waals surface area contributed by atoms with Gasteiger partial charge in [0.05, 0.1) is 6.61 Å². The van der Waals surface area contributed by atoms with Gasteiger partial charge in [0.2, 0.25) is 0 Å². The predicted octanol–water partition coefficient (Wildman–Crippen LogP) is 1.12. The highest BCUT2D eigenvalue weighted by molar-refractivity contribution is 5.70. The molecule has 1 aromatic rings. The van der Waals surface area contributed by atoms with Crippen molar-refractivity contribution in [2.24, 2.45) is 0 Å². The zero-order valence-corrected chi connectivity index (χ0v) is 8.90. The highest BCUT2D eigenvalue weighted by atomic mass is 16.6. The zero-order chi connectivity index (χ0) is 12.0. The molecule has 0 heterocycles. The lowest BCUT2D eigenvalue weighted by Crippen LogP contribution is -2.05. The maximum Gasteiger partial charge on any atom is 0.308 e. The third-order valence-corrected chi connectivity index (χ3v) is 1.76.